The highest BCUT2D eigenvalue weighted by atomic mass is 79.9. The number of hydrogen-bond donors (Lipinski definition) is 1. The van der Waals surface area contributed by atoms with Crippen molar-refractivity contribution in [2.45, 2.75) is 21.3 Å². The Morgan fingerprint density at radius 3 is 2.00 bits per heavy atom. The van der Waals surface area contributed by atoms with E-state index in [2.05, 4.69) is 36.8 Å². The van der Waals surface area contributed by atoms with Crippen LogP contribution in [0.5, 0.6) is 0 Å². The number of nitrogens with one attached hydrogen (secondary N) is 1. The molecule has 0 spiro atoms. The summed E-state index contributed by atoms with van der Waals surface area (Å²) in [6.07, 6.45) is 3.37. The smallest absolute Gasteiger partial charge is 0.253 e. The lowest BCUT2D eigenvalue weighted by Crippen LogP contribution is -2.17. The lowest BCUT2D eigenvalue weighted by molar-refractivity contribution is 0.844. The van der Waals surface area contributed by atoms with Gasteiger partial charge in [-0.1, -0.05) is 7.43 Å². The fourth-order valence-corrected chi connectivity index (χ4v) is 2.50. The van der Waals surface area contributed by atoms with Crippen molar-refractivity contribution in [3.05, 3.63) is 65.3 Å². The maximum absolute atomic E-state index is 11.1. The number of pyridine rings is 2. The Balaban J connectivity index is 0. The average molecular weight is 417 g/mol. The average Bonchev–Trinajstić information content (AvgIpc) is 2.32. The van der Waals surface area contributed by atoms with Crippen molar-refractivity contribution in [1.82, 2.24) is 9.55 Å². The van der Waals surface area contributed by atoms with Crippen molar-refractivity contribution in [1.29, 1.82) is 0 Å². The van der Waals surface area contributed by atoms with Gasteiger partial charge in [0.25, 0.3) is 11.1 Å². The third kappa shape index (κ3) is 6.95. The summed E-state index contributed by atoms with van der Waals surface area (Å²) in [5.74, 6) is 0. The lowest BCUT2D eigenvalue weighted by Gasteiger charge is -1.98. The molecule has 3 radical (unpaired) electrons. The molecule has 0 saturated heterocycles. The molecule has 2 aromatic rings. The van der Waals surface area contributed by atoms with Gasteiger partial charge in [0, 0.05) is 47.9 Å². The molecule has 0 aliphatic heterocycles. The lowest BCUT2D eigenvalue weighted by atomic mass is 10.3. The quantitative estimate of drug-likeness (QED) is 0.671. The van der Waals surface area contributed by atoms with E-state index >= 15 is 0 Å². The summed E-state index contributed by atoms with van der Waals surface area (Å²) < 4.78 is 3.39. The third-order valence-corrected chi connectivity index (χ3v) is 3.27. The molecule has 2 aromatic heterocycles. The first-order valence-electron chi connectivity index (χ1n) is 5.49. The molecule has 0 fully saturated rings. The van der Waals surface area contributed by atoms with Gasteiger partial charge in [0.2, 0.25) is 0 Å². The van der Waals surface area contributed by atoms with E-state index in [1.165, 1.54) is 0 Å². The molecule has 21 heavy (non-hydrogen) atoms. The molecule has 0 atom stereocenters. The number of aromatic amines is 1. The van der Waals surface area contributed by atoms with E-state index in [9.17, 15) is 9.59 Å². The van der Waals surface area contributed by atoms with Crippen LogP contribution >= 0.6 is 31.9 Å². The molecule has 0 aliphatic rings. The van der Waals surface area contributed by atoms with Gasteiger partial charge in [0.15, 0.2) is 0 Å². The Hall–Kier alpha value is -1.08. The monoisotopic (exact) mass is 415 g/mol. The van der Waals surface area contributed by atoms with E-state index in [1.807, 2.05) is 6.07 Å². The molecule has 7 heteroatoms. The van der Waals surface area contributed by atoms with E-state index in [1.54, 1.807) is 43.9 Å². The molecular weight excluding hydrogens is 399 g/mol. The Morgan fingerprint density at radius 2 is 1.57 bits per heavy atom. The zero-order chi connectivity index (χ0) is 14.6. The predicted molar refractivity (Wildman–Crippen MR) is 96.1 cm³/mol. The minimum Gasteiger partial charge on any atom is -0.328 e. The van der Waals surface area contributed by atoms with E-state index in [4.69, 9.17) is 0 Å². The maximum Gasteiger partial charge on any atom is 0.253 e. The molecule has 0 saturated carbocycles. The van der Waals surface area contributed by atoms with Gasteiger partial charge in [-0.25, -0.2) is 0 Å². The fourth-order valence-electron chi connectivity index (χ4n) is 1.39. The molecule has 4 nitrogen and oxygen atoms in total. The number of aromatic nitrogens is 2. The van der Waals surface area contributed by atoms with Crippen molar-refractivity contribution in [3.63, 3.8) is 0 Å². The van der Waals surface area contributed by atoms with Crippen LogP contribution in [-0.4, -0.2) is 18.0 Å². The van der Waals surface area contributed by atoms with Gasteiger partial charge in [0.05, 0.1) is 0 Å². The molecule has 0 amide bonds. The van der Waals surface area contributed by atoms with Crippen LogP contribution in [0, 0.1) is 13.8 Å². The standard InChI is InChI=1S/C7H8BrNO.C6H6BrNO.CH4.B/c1-5-3-6(8)4-9(2)7(5)10;1-4-2-5(7)3-8-6(4)9;;/h3-4H,1-2H3;2-3H,1H3,(H,8,9);1H4;. The van der Waals surface area contributed by atoms with Crippen LogP contribution in [0.15, 0.2) is 43.1 Å². The van der Waals surface area contributed by atoms with Crippen LogP contribution in [0.25, 0.3) is 0 Å². The minimum atomic E-state index is -0.0294. The van der Waals surface area contributed by atoms with Crippen LogP contribution in [0.3, 0.4) is 0 Å². The first kappa shape index (κ1) is 22.2. The second-order valence-electron chi connectivity index (χ2n) is 4.09. The van der Waals surface area contributed by atoms with Gasteiger partial charge in [-0.05, 0) is 57.8 Å². The van der Waals surface area contributed by atoms with E-state index in [0.29, 0.717) is 0 Å². The molecule has 1 N–H and O–H groups in total. The number of nitrogens with zero attached hydrogens (tertiary/aromatic N) is 1. The highest BCUT2D eigenvalue weighted by Gasteiger charge is 1.95. The second-order valence-corrected chi connectivity index (χ2v) is 5.92. The topological polar surface area (TPSA) is 54.9 Å². The van der Waals surface area contributed by atoms with Gasteiger partial charge in [-0.15, -0.1) is 0 Å². The largest absolute Gasteiger partial charge is 0.328 e. The van der Waals surface area contributed by atoms with Crippen molar-refractivity contribution in [2.75, 3.05) is 0 Å². The molecule has 2 rings (SSSR count). The first-order valence-corrected chi connectivity index (χ1v) is 7.07. The summed E-state index contributed by atoms with van der Waals surface area (Å²) in [4.78, 5) is 24.3. The van der Waals surface area contributed by atoms with E-state index in [-0.39, 0.29) is 27.0 Å². The predicted octanol–water partition coefficient (Wildman–Crippen LogP) is 3.16. The second kappa shape index (κ2) is 9.79. The molecular formula is C14H18BBr2N2O2. The highest BCUT2D eigenvalue weighted by molar-refractivity contribution is 9.10. The van der Waals surface area contributed by atoms with Crippen LogP contribution in [0.1, 0.15) is 18.6 Å². The number of rotatable bonds is 0. The maximum atomic E-state index is 11.1. The zero-order valence-electron chi connectivity index (χ0n) is 11.4. The molecule has 2 heterocycles. The molecule has 0 bridgehead atoms. The van der Waals surface area contributed by atoms with Crippen LogP contribution in [0.4, 0.5) is 0 Å². The van der Waals surface area contributed by atoms with E-state index in [0.717, 1.165) is 20.1 Å². The number of aryl methyl sites for hydroxylation is 3. The summed E-state index contributed by atoms with van der Waals surface area (Å²) >= 11 is 6.51. The number of halogens is 2. The van der Waals surface area contributed by atoms with Crippen molar-refractivity contribution < 1.29 is 0 Å². The first-order chi connectivity index (χ1) is 8.81. The van der Waals surface area contributed by atoms with E-state index < -0.39 is 0 Å². The molecule has 0 unspecified atom stereocenters. The highest BCUT2D eigenvalue weighted by Crippen LogP contribution is 2.06. The van der Waals surface area contributed by atoms with Crippen molar-refractivity contribution >= 4 is 40.3 Å². The van der Waals surface area contributed by atoms with Gasteiger partial charge in [-0.2, -0.15) is 0 Å². The summed E-state index contributed by atoms with van der Waals surface area (Å²) in [6.45, 7) is 3.57. The van der Waals surface area contributed by atoms with Crippen LogP contribution < -0.4 is 11.1 Å². The summed E-state index contributed by atoms with van der Waals surface area (Å²) in [6, 6.07) is 3.58. The van der Waals surface area contributed by atoms with Gasteiger partial charge in [-0.3, -0.25) is 9.59 Å². The van der Waals surface area contributed by atoms with Gasteiger partial charge < -0.3 is 9.55 Å². The minimum absolute atomic E-state index is 0. The number of hydrogen-bond acceptors (Lipinski definition) is 2. The Morgan fingerprint density at radius 1 is 1.05 bits per heavy atom. The van der Waals surface area contributed by atoms with Crippen molar-refractivity contribution in [2.24, 2.45) is 7.05 Å². The molecule has 113 valence electrons. The van der Waals surface area contributed by atoms with Gasteiger partial charge >= 0.3 is 0 Å². The Labute approximate surface area is 143 Å². The zero-order valence-corrected chi connectivity index (χ0v) is 14.6. The summed E-state index contributed by atoms with van der Waals surface area (Å²) in [5, 5.41) is 0. The van der Waals surface area contributed by atoms with Gasteiger partial charge in [0.1, 0.15) is 0 Å². The van der Waals surface area contributed by atoms with Crippen LogP contribution in [-0.2, 0) is 7.05 Å². The normalized spacial score (nSPS) is 8.81. The SMILES string of the molecule is C.Cc1cc(Br)c[nH]c1=O.Cc1cc(Br)cn(C)c1=O.[B]. The number of H-pyrrole nitrogens is 1. The summed E-state index contributed by atoms with van der Waals surface area (Å²) in [7, 11) is 1.74. The Kier molecular flexibility index (Phi) is 10.4. The Bertz CT molecular complexity index is 670. The summed E-state index contributed by atoms with van der Waals surface area (Å²) in [5.41, 5.74) is 1.52. The van der Waals surface area contributed by atoms with Crippen LogP contribution in [0.2, 0.25) is 0 Å². The van der Waals surface area contributed by atoms with Crippen molar-refractivity contribution in [3.8, 4) is 0 Å². The third-order valence-electron chi connectivity index (χ3n) is 2.38. The fraction of sp³-hybridized carbons (Fsp3) is 0.286. The molecule has 0 aliphatic carbocycles. The molecule has 0 aromatic carbocycles.